The van der Waals surface area contributed by atoms with E-state index in [1.807, 2.05) is 6.92 Å². The summed E-state index contributed by atoms with van der Waals surface area (Å²) in [5.41, 5.74) is 0. The molecule has 0 aliphatic rings. The summed E-state index contributed by atoms with van der Waals surface area (Å²) < 4.78 is 0. The van der Waals surface area contributed by atoms with E-state index in [0.29, 0.717) is 19.3 Å². The van der Waals surface area contributed by atoms with Crippen molar-refractivity contribution in [2.45, 2.75) is 205 Å². The maximum absolute atomic E-state index is 12.4. The molecular weight excluding hydrogens is 574 g/mol. The minimum atomic E-state index is -1.29. The molecule has 0 saturated heterocycles. The van der Waals surface area contributed by atoms with Crippen molar-refractivity contribution in [3.63, 3.8) is 0 Å². The molecule has 0 saturated carbocycles. The fourth-order valence-corrected chi connectivity index (χ4v) is 5.80. The third-order valence-corrected chi connectivity index (χ3v) is 8.90. The van der Waals surface area contributed by atoms with Gasteiger partial charge in [-0.05, 0) is 58.3 Å². The topological polar surface area (TPSA) is 110 Å². The number of unbranched alkanes of at least 4 members (excludes halogenated alkanes) is 20. The van der Waals surface area contributed by atoms with E-state index in [0.717, 1.165) is 51.4 Å². The van der Waals surface area contributed by atoms with Crippen molar-refractivity contribution in [2.24, 2.45) is 0 Å². The van der Waals surface area contributed by atoms with Crippen molar-refractivity contribution in [3.8, 4) is 0 Å². The van der Waals surface area contributed by atoms with Crippen LogP contribution in [0.3, 0.4) is 0 Å². The van der Waals surface area contributed by atoms with Crippen LogP contribution in [0.1, 0.15) is 181 Å². The summed E-state index contributed by atoms with van der Waals surface area (Å²) in [5, 5.41) is 43.4. The number of nitrogens with one attached hydrogen (secondary N) is 1. The molecule has 0 radical (unpaired) electrons. The smallest absolute Gasteiger partial charge is 0.249 e. The molecule has 0 aromatic carbocycles. The van der Waals surface area contributed by atoms with E-state index in [2.05, 4.69) is 48.7 Å². The maximum Gasteiger partial charge on any atom is 0.249 e. The monoisotopic (exact) mass is 650 g/mol. The Morgan fingerprint density at radius 3 is 1.41 bits per heavy atom. The summed E-state index contributed by atoms with van der Waals surface area (Å²) in [7, 11) is 0. The minimum absolute atomic E-state index is 0.361. The van der Waals surface area contributed by atoms with Gasteiger partial charge in [-0.2, -0.15) is 0 Å². The fraction of sp³-hybridized carbons (Fsp3) is 0.825. The molecule has 0 fully saturated rings. The van der Waals surface area contributed by atoms with Crippen LogP contribution in [0.15, 0.2) is 36.5 Å². The van der Waals surface area contributed by atoms with Crippen molar-refractivity contribution in [1.29, 1.82) is 0 Å². The second kappa shape index (κ2) is 34.9. The Kier molecular flexibility index (Phi) is 33.7. The number of hydrogen-bond acceptors (Lipinski definition) is 5. The van der Waals surface area contributed by atoms with Crippen LogP contribution in [-0.4, -0.2) is 57.3 Å². The van der Waals surface area contributed by atoms with E-state index in [1.165, 1.54) is 96.3 Å². The molecule has 0 heterocycles. The van der Waals surface area contributed by atoms with Crippen molar-refractivity contribution in [3.05, 3.63) is 36.5 Å². The molecule has 0 aromatic heterocycles. The number of carbonyl (C=O) groups is 1. The first-order chi connectivity index (χ1) is 22.5. The van der Waals surface area contributed by atoms with Gasteiger partial charge < -0.3 is 25.7 Å². The van der Waals surface area contributed by atoms with Gasteiger partial charge in [0.25, 0.3) is 0 Å². The van der Waals surface area contributed by atoms with Crippen LogP contribution in [-0.2, 0) is 4.79 Å². The molecule has 6 heteroatoms. The second-order valence-corrected chi connectivity index (χ2v) is 13.3. The average molecular weight is 650 g/mol. The van der Waals surface area contributed by atoms with Crippen molar-refractivity contribution in [2.75, 3.05) is 6.61 Å². The van der Waals surface area contributed by atoms with Gasteiger partial charge in [0.05, 0.1) is 18.8 Å². The molecule has 4 atom stereocenters. The number of aliphatic hydroxyl groups is 4. The maximum atomic E-state index is 12.4. The zero-order valence-electron chi connectivity index (χ0n) is 30.1. The third-order valence-electron chi connectivity index (χ3n) is 8.90. The lowest BCUT2D eigenvalue weighted by atomic mass is 10.00. The summed E-state index contributed by atoms with van der Waals surface area (Å²) in [6.45, 7) is 3.80. The van der Waals surface area contributed by atoms with E-state index in [9.17, 15) is 25.2 Å². The van der Waals surface area contributed by atoms with Crippen LogP contribution in [0.2, 0.25) is 0 Å². The van der Waals surface area contributed by atoms with Gasteiger partial charge in [-0.3, -0.25) is 4.79 Å². The predicted molar refractivity (Wildman–Crippen MR) is 196 cm³/mol. The first-order valence-corrected chi connectivity index (χ1v) is 19.3. The highest BCUT2D eigenvalue weighted by molar-refractivity contribution is 5.80. The molecule has 4 unspecified atom stereocenters. The molecule has 270 valence electrons. The van der Waals surface area contributed by atoms with Gasteiger partial charge in [0.2, 0.25) is 5.91 Å². The summed E-state index contributed by atoms with van der Waals surface area (Å²) in [4.78, 5) is 12.4. The first-order valence-electron chi connectivity index (χ1n) is 19.3. The number of rotatable bonds is 34. The number of carbonyl (C=O) groups excluding carboxylic acids is 1. The Balaban J connectivity index is 3.81. The zero-order chi connectivity index (χ0) is 33.9. The van der Waals surface area contributed by atoms with Crippen molar-refractivity contribution in [1.82, 2.24) is 5.32 Å². The highest BCUT2D eigenvalue weighted by atomic mass is 16.3. The Morgan fingerprint density at radius 2 is 0.978 bits per heavy atom. The van der Waals surface area contributed by atoms with E-state index < -0.39 is 36.9 Å². The van der Waals surface area contributed by atoms with Gasteiger partial charge in [-0.25, -0.2) is 0 Å². The molecule has 46 heavy (non-hydrogen) atoms. The predicted octanol–water partition coefficient (Wildman–Crippen LogP) is 9.40. The van der Waals surface area contributed by atoms with Crippen molar-refractivity contribution >= 4 is 5.91 Å². The standard InChI is InChI=1S/C40H75NO5/c1-3-5-7-9-11-13-15-17-18-19-20-21-22-24-26-28-30-32-34-38(44)40(46)41-36(35-42)39(45)37(43)33-31-29-27-25-23-16-14-12-10-8-6-4-2/h4,6,12,14,25,27,36-39,42-45H,3,5,7-11,13,15-24,26,28-35H2,1-2H3,(H,41,46)/b6-4+,14-12+,27-25+. The Hall–Kier alpha value is -1.47. The van der Waals surface area contributed by atoms with Crippen LogP contribution in [0.25, 0.3) is 0 Å². The van der Waals surface area contributed by atoms with Gasteiger partial charge in [0.15, 0.2) is 0 Å². The number of amides is 1. The van der Waals surface area contributed by atoms with Crippen LogP contribution in [0, 0.1) is 0 Å². The molecule has 5 N–H and O–H groups in total. The highest BCUT2D eigenvalue weighted by Crippen LogP contribution is 2.15. The first kappa shape index (κ1) is 44.5. The highest BCUT2D eigenvalue weighted by Gasteiger charge is 2.28. The van der Waals surface area contributed by atoms with Gasteiger partial charge in [0.1, 0.15) is 12.2 Å². The molecule has 0 aliphatic carbocycles. The molecule has 6 nitrogen and oxygen atoms in total. The molecule has 0 bridgehead atoms. The average Bonchev–Trinajstić information content (AvgIpc) is 3.06. The molecule has 0 rings (SSSR count). The largest absolute Gasteiger partial charge is 0.394 e. The zero-order valence-corrected chi connectivity index (χ0v) is 30.1. The molecule has 0 spiro atoms. The Labute approximate surface area is 284 Å². The summed E-state index contributed by atoms with van der Waals surface area (Å²) in [5.74, 6) is -0.601. The lowest BCUT2D eigenvalue weighted by molar-refractivity contribution is -0.132. The number of allylic oxidation sites excluding steroid dienone is 6. The van der Waals surface area contributed by atoms with Gasteiger partial charge in [-0.15, -0.1) is 0 Å². The SMILES string of the molecule is C/C=C/CC/C=C/CC/C=C/CCCC(O)C(O)C(CO)NC(=O)C(O)CCCCCCCCCCCCCCCCCCCC. The molecular formula is C40H75NO5. The Bertz CT molecular complexity index is 737. The summed E-state index contributed by atoms with van der Waals surface area (Å²) in [6, 6.07) is -1.01. The fourth-order valence-electron chi connectivity index (χ4n) is 5.80. The second-order valence-electron chi connectivity index (χ2n) is 13.3. The quantitative estimate of drug-likeness (QED) is 0.0352. The van der Waals surface area contributed by atoms with Gasteiger partial charge in [-0.1, -0.05) is 159 Å². The van der Waals surface area contributed by atoms with E-state index in [-0.39, 0.29) is 0 Å². The molecule has 0 aliphatic heterocycles. The van der Waals surface area contributed by atoms with E-state index in [4.69, 9.17) is 0 Å². The van der Waals surface area contributed by atoms with Crippen LogP contribution < -0.4 is 5.32 Å². The third kappa shape index (κ3) is 28.7. The van der Waals surface area contributed by atoms with Crippen molar-refractivity contribution < 1.29 is 25.2 Å². The normalized spacial score (nSPS) is 14.8. The lowest BCUT2D eigenvalue weighted by Crippen LogP contribution is -2.53. The van der Waals surface area contributed by atoms with Gasteiger partial charge >= 0.3 is 0 Å². The lowest BCUT2D eigenvalue weighted by Gasteiger charge is -2.27. The number of hydrogen-bond donors (Lipinski definition) is 5. The minimum Gasteiger partial charge on any atom is -0.394 e. The van der Waals surface area contributed by atoms with E-state index in [1.54, 1.807) is 0 Å². The Morgan fingerprint density at radius 1 is 0.565 bits per heavy atom. The van der Waals surface area contributed by atoms with E-state index >= 15 is 0 Å². The number of aliphatic hydroxyl groups excluding tert-OH is 4. The van der Waals surface area contributed by atoms with Crippen LogP contribution in [0.4, 0.5) is 0 Å². The van der Waals surface area contributed by atoms with Crippen LogP contribution in [0.5, 0.6) is 0 Å². The van der Waals surface area contributed by atoms with Gasteiger partial charge in [0, 0.05) is 0 Å². The molecule has 1 amide bonds. The summed E-state index contributed by atoms with van der Waals surface area (Å²) >= 11 is 0. The summed E-state index contributed by atoms with van der Waals surface area (Å²) in [6.07, 6.45) is 39.0. The molecule has 0 aromatic rings. The van der Waals surface area contributed by atoms with Crippen LogP contribution >= 0.6 is 0 Å².